The minimum Gasteiger partial charge on any atom is -0.493 e. The number of hydrogen-bond acceptors (Lipinski definition) is 6. The van der Waals surface area contributed by atoms with Gasteiger partial charge in [0.2, 0.25) is 5.75 Å². The Morgan fingerprint density at radius 3 is 2.35 bits per heavy atom. The van der Waals surface area contributed by atoms with Gasteiger partial charge in [0.1, 0.15) is 0 Å². The van der Waals surface area contributed by atoms with Crippen molar-refractivity contribution in [3.63, 3.8) is 0 Å². The molecule has 0 atom stereocenters. The largest absolute Gasteiger partial charge is 0.493 e. The van der Waals surface area contributed by atoms with Gasteiger partial charge in [0.15, 0.2) is 18.1 Å². The second kappa shape index (κ2) is 9.17. The van der Waals surface area contributed by atoms with Crippen LogP contribution < -0.4 is 25.4 Å². The van der Waals surface area contributed by atoms with E-state index in [1.54, 1.807) is 36.5 Å². The summed E-state index contributed by atoms with van der Waals surface area (Å²) in [6.45, 7) is -0.293. The Labute approximate surface area is 160 Å². The van der Waals surface area contributed by atoms with Crippen molar-refractivity contribution in [2.45, 2.75) is 0 Å². The Morgan fingerprint density at radius 1 is 1.15 bits per heavy atom. The standard InChI is InChI=1S/C17H17Cl2N3O4/c1-24-14-5-10(6-15(25-2)17(14)26-9-16(20)23)8-21-22-11-3-4-12(18)13(19)7-11/h3-8,22H,9H2,1-2H3,(H2,20,23)/b21-8-. The highest BCUT2D eigenvalue weighted by Gasteiger charge is 2.14. The van der Waals surface area contributed by atoms with E-state index in [4.69, 9.17) is 43.1 Å². The number of rotatable bonds is 8. The highest BCUT2D eigenvalue weighted by molar-refractivity contribution is 6.42. The summed E-state index contributed by atoms with van der Waals surface area (Å²) in [5.74, 6) is 0.428. The Hall–Kier alpha value is -2.64. The van der Waals surface area contributed by atoms with Crippen LogP contribution in [-0.4, -0.2) is 32.9 Å². The van der Waals surface area contributed by atoms with Gasteiger partial charge in [-0.15, -0.1) is 0 Å². The lowest BCUT2D eigenvalue weighted by Gasteiger charge is -2.14. The third-order valence-electron chi connectivity index (χ3n) is 3.17. The first-order valence-corrected chi connectivity index (χ1v) is 8.11. The lowest BCUT2D eigenvalue weighted by atomic mass is 10.2. The number of hydrogen-bond donors (Lipinski definition) is 2. The van der Waals surface area contributed by atoms with Crippen LogP contribution in [0.25, 0.3) is 0 Å². The van der Waals surface area contributed by atoms with Gasteiger partial charge in [-0.25, -0.2) is 0 Å². The fourth-order valence-corrected chi connectivity index (χ4v) is 2.31. The number of primary amides is 1. The maximum absolute atomic E-state index is 10.9. The van der Waals surface area contributed by atoms with E-state index < -0.39 is 5.91 Å². The van der Waals surface area contributed by atoms with E-state index >= 15 is 0 Å². The number of hydrazone groups is 1. The van der Waals surface area contributed by atoms with Crippen LogP contribution >= 0.6 is 23.2 Å². The average Bonchev–Trinajstić information content (AvgIpc) is 2.62. The van der Waals surface area contributed by atoms with E-state index in [-0.39, 0.29) is 12.4 Å². The molecule has 0 spiro atoms. The molecular weight excluding hydrogens is 381 g/mol. The Bertz CT molecular complexity index is 803. The second-order valence-corrected chi connectivity index (χ2v) is 5.82. The Morgan fingerprint density at radius 2 is 1.81 bits per heavy atom. The smallest absolute Gasteiger partial charge is 0.255 e. The number of benzene rings is 2. The number of methoxy groups -OCH3 is 2. The summed E-state index contributed by atoms with van der Waals surface area (Å²) in [6, 6.07) is 8.42. The van der Waals surface area contributed by atoms with Crippen molar-refractivity contribution in [1.29, 1.82) is 0 Å². The molecule has 2 aromatic rings. The molecule has 138 valence electrons. The van der Waals surface area contributed by atoms with Gasteiger partial charge in [0.25, 0.3) is 5.91 Å². The van der Waals surface area contributed by atoms with Crippen molar-refractivity contribution in [3.05, 3.63) is 45.9 Å². The molecule has 2 rings (SSSR count). The summed E-state index contributed by atoms with van der Waals surface area (Å²) in [6.07, 6.45) is 1.56. The first-order valence-electron chi connectivity index (χ1n) is 7.36. The van der Waals surface area contributed by atoms with Crippen LogP contribution in [0.5, 0.6) is 17.2 Å². The molecule has 0 aliphatic heterocycles. The maximum Gasteiger partial charge on any atom is 0.255 e. The first kappa shape index (κ1) is 19.7. The van der Waals surface area contributed by atoms with Crippen LogP contribution in [0.1, 0.15) is 5.56 Å². The summed E-state index contributed by atoms with van der Waals surface area (Å²) in [4.78, 5) is 10.9. The van der Waals surface area contributed by atoms with Crippen molar-refractivity contribution in [2.24, 2.45) is 10.8 Å². The van der Waals surface area contributed by atoms with E-state index in [1.165, 1.54) is 14.2 Å². The van der Waals surface area contributed by atoms with Crippen molar-refractivity contribution in [3.8, 4) is 17.2 Å². The molecule has 0 radical (unpaired) electrons. The zero-order chi connectivity index (χ0) is 19.1. The normalized spacial score (nSPS) is 10.6. The summed E-state index contributed by atoms with van der Waals surface area (Å²) in [5.41, 5.74) is 9.30. The van der Waals surface area contributed by atoms with Crippen LogP contribution in [0, 0.1) is 0 Å². The van der Waals surface area contributed by atoms with Gasteiger partial charge in [0, 0.05) is 5.56 Å². The zero-order valence-electron chi connectivity index (χ0n) is 14.1. The molecule has 0 unspecified atom stereocenters. The quantitative estimate of drug-likeness (QED) is 0.526. The number of amides is 1. The van der Waals surface area contributed by atoms with Crippen molar-refractivity contribution in [2.75, 3.05) is 26.3 Å². The highest BCUT2D eigenvalue weighted by Crippen LogP contribution is 2.38. The van der Waals surface area contributed by atoms with Gasteiger partial charge in [-0.2, -0.15) is 5.10 Å². The average molecular weight is 398 g/mol. The number of halogens is 2. The second-order valence-electron chi connectivity index (χ2n) is 5.01. The number of nitrogens with two attached hydrogens (primary N) is 1. The van der Waals surface area contributed by atoms with Gasteiger partial charge in [-0.3, -0.25) is 10.2 Å². The summed E-state index contributed by atoms with van der Waals surface area (Å²) >= 11 is 11.8. The van der Waals surface area contributed by atoms with Crippen LogP contribution in [0.4, 0.5) is 5.69 Å². The van der Waals surface area contributed by atoms with Crippen LogP contribution in [0.3, 0.4) is 0 Å². The molecule has 0 bridgehead atoms. The van der Waals surface area contributed by atoms with Gasteiger partial charge in [0.05, 0.1) is 36.2 Å². The first-order chi connectivity index (χ1) is 12.4. The van der Waals surface area contributed by atoms with Crippen molar-refractivity contribution >= 4 is 41.0 Å². The monoisotopic (exact) mass is 397 g/mol. The summed E-state index contributed by atoms with van der Waals surface area (Å²) < 4.78 is 15.9. The predicted octanol–water partition coefficient (Wildman–Crippen LogP) is 3.32. The van der Waals surface area contributed by atoms with Crippen LogP contribution in [-0.2, 0) is 4.79 Å². The molecule has 9 heteroatoms. The molecule has 7 nitrogen and oxygen atoms in total. The molecule has 0 heterocycles. The molecular formula is C17H17Cl2N3O4. The predicted molar refractivity (Wildman–Crippen MR) is 102 cm³/mol. The van der Waals surface area contributed by atoms with Crippen LogP contribution in [0.15, 0.2) is 35.4 Å². The Balaban J connectivity index is 2.20. The van der Waals surface area contributed by atoms with Crippen molar-refractivity contribution < 1.29 is 19.0 Å². The molecule has 0 aliphatic rings. The molecule has 3 N–H and O–H groups in total. The van der Waals surface area contributed by atoms with E-state index in [0.717, 1.165) is 0 Å². The lowest BCUT2D eigenvalue weighted by Crippen LogP contribution is -2.20. The van der Waals surface area contributed by atoms with Gasteiger partial charge in [-0.1, -0.05) is 23.2 Å². The minimum atomic E-state index is -0.606. The fraction of sp³-hybridized carbons (Fsp3) is 0.176. The number of carbonyl (C=O) groups excluding carboxylic acids is 1. The molecule has 0 saturated heterocycles. The molecule has 0 aromatic heterocycles. The van der Waals surface area contributed by atoms with E-state index in [2.05, 4.69) is 10.5 Å². The van der Waals surface area contributed by atoms with Gasteiger partial charge < -0.3 is 19.9 Å². The molecule has 0 fully saturated rings. The Kier molecular flexibility index (Phi) is 6.94. The molecule has 2 aromatic carbocycles. The van der Waals surface area contributed by atoms with Crippen LogP contribution in [0.2, 0.25) is 10.0 Å². The van der Waals surface area contributed by atoms with E-state index in [9.17, 15) is 4.79 Å². The number of nitrogens with zero attached hydrogens (tertiary/aromatic N) is 1. The van der Waals surface area contributed by atoms with Gasteiger partial charge in [-0.05, 0) is 30.3 Å². The third kappa shape index (κ3) is 5.18. The number of ether oxygens (including phenoxy) is 3. The summed E-state index contributed by atoms with van der Waals surface area (Å²) in [5, 5.41) is 5.02. The maximum atomic E-state index is 10.9. The fourth-order valence-electron chi connectivity index (χ4n) is 2.01. The van der Waals surface area contributed by atoms with Crippen molar-refractivity contribution in [1.82, 2.24) is 0 Å². The number of nitrogens with one attached hydrogen (secondary N) is 1. The minimum absolute atomic E-state index is 0.281. The number of carbonyl (C=O) groups is 1. The molecule has 26 heavy (non-hydrogen) atoms. The SMILES string of the molecule is COc1cc(/C=N\Nc2ccc(Cl)c(Cl)c2)cc(OC)c1OCC(N)=O. The topological polar surface area (TPSA) is 95.2 Å². The van der Waals surface area contributed by atoms with Gasteiger partial charge >= 0.3 is 0 Å². The zero-order valence-corrected chi connectivity index (χ0v) is 15.6. The molecule has 1 amide bonds. The highest BCUT2D eigenvalue weighted by atomic mass is 35.5. The molecule has 0 aliphatic carbocycles. The third-order valence-corrected chi connectivity index (χ3v) is 3.91. The molecule has 0 saturated carbocycles. The summed E-state index contributed by atoms with van der Waals surface area (Å²) in [7, 11) is 2.95. The van der Waals surface area contributed by atoms with E-state index in [0.29, 0.717) is 32.8 Å². The van der Waals surface area contributed by atoms with E-state index in [1.807, 2.05) is 0 Å². The lowest BCUT2D eigenvalue weighted by molar-refractivity contribution is -0.119. The number of anilines is 1.